The molecule has 3 rings (SSSR count). The molecule has 0 saturated carbocycles. The highest BCUT2D eigenvalue weighted by Crippen LogP contribution is 2.17. The average molecular weight is 385 g/mol. The Morgan fingerprint density at radius 2 is 2.00 bits per heavy atom. The first-order valence-corrected chi connectivity index (χ1v) is 8.42. The van der Waals surface area contributed by atoms with Crippen LogP contribution in [0.15, 0.2) is 60.8 Å². The minimum absolute atomic E-state index is 0.219. The summed E-state index contributed by atoms with van der Waals surface area (Å²) in [5, 5.41) is 0.648. The number of ether oxygens (including phenoxy) is 2. The number of nitrogens with zero attached hydrogens (tertiary/aromatic N) is 2. The van der Waals surface area contributed by atoms with E-state index in [1.807, 2.05) is 18.2 Å². The molecule has 27 heavy (non-hydrogen) atoms. The van der Waals surface area contributed by atoms with Crippen LogP contribution in [0.25, 0.3) is 0 Å². The Kier molecular flexibility index (Phi) is 6.06. The number of halogens is 1. The number of hydrogen-bond donors (Lipinski definition) is 2. The van der Waals surface area contributed by atoms with Gasteiger partial charge in [-0.15, -0.1) is 0 Å². The number of hydrogen-bond acceptors (Lipinski definition) is 6. The van der Waals surface area contributed by atoms with E-state index in [9.17, 15) is 4.79 Å². The van der Waals surface area contributed by atoms with Gasteiger partial charge >= 0.3 is 0 Å². The maximum absolute atomic E-state index is 12.3. The Hall–Kier alpha value is -3.32. The van der Waals surface area contributed by atoms with Crippen molar-refractivity contribution in [2.24, 2.45) is 0 Å². The lowest BCUT2D eigenvalue weighted by Gasteiger charge is -2.10. The zero-order valence-corrected chi connectivity index (χ0v) is 15.2. The van der Waals surface area contributed by atoms with Crippen LogP contribution < -0.4 is 20.3 Å². The molecule has 7 nitrogen and oxygen atoms in total. The minimum atomic E-state index is -0.352. The first kappa shape index (κ1) is 18.5. The van der Waals surface area contributed by atoms with Crippen molar-refractivity contribution < 1.29 is 14.3 Å². The van der Waals surface area contributed by atoms with Crippen molar-refractivity contribution in [2.45, 2.75) is 6.61 Å². The molecule has 1 amide bonds. The molecule has 0 saturated heterocycles. The molecule has 1 aromatic heterocycles. The van der Waals surface area contributed by atoms with E-state index in [0.717, 1.165) is 5.56 Å². The molecular weight excluding hydrogens is 368 g/mol. The van der Waals surface area contributed by atoms with Crippen LogP contribution in [0.1, 0.15) is 15.9 Å². The molecule has 0 radical (unpaired) electrons. The summed E-state index contributed by atoms with van der Waals surface area (Å²) >= 11 is 5.96. The molecule has 0 spiro atoms. The van der Waals surface area contributed by atoms with E-state index in [1.54, 1.807) is 36.4 Å². The van der Waals surface area contributed by atoms with Gasteiger partial charge in [0.1, 0.15) is 12.4 Å². The van der Waals surface area contributed by atoms with Crippen molar-refractivity contribution in [3.05, 3.63) is 76.9 Å². The number of amides is 1. The van der Waals surface area contributed by atoms with Crippen LogP contribution in [-0.2, 0) is 6.61 Å². The predicted octanol–water partition coefficient (Wildman–Crippen LogP) is 3.47. The molecule has 138 valence electrons. The van der Waals surface area contributed by atoms with Crippen molar-refractivity contribution in [2.75, 3.05) is 12.5 Å². The molecule has 0 aliphatic rings. The second kappa shape index (κ2) is 8.86. The van der Waals surface area contributed by atoms with Gasteiger partial charge in [-0.3, -0.25) is 15.6 Å². The largest absolute Gasteiger partial charge is 0.489 e. The normalized spacial score (nSPS) is 10.1. The third-order valence-electron chi connectivity index (χ3n) is 3.52. The monoisotopic (exact) mass is 384 g/mol. The molecule has 0 aliphatic carbocycles. The van der Waals surface area contributed by atoms with E-state index >= 15 is 0 Å². The van der Waals surface area contributed by atoms with Crippen molar-refractivity contribution in [3.63, 3.8) is 0 Å². The predicted molar refractivity (Wildman–Crippen MR) is 102 cm³/mol. The lowest BCUT2D eigenvalue weighted by molar-refractivity contribution is 0.0961. The van der Waals surface area contributed by atoms with E-state index < -0.39 is 0 Å². The van der Waals surface area contributed by atoms with Crippen molar-refractivity contribution in [3.8, 4) is 11.6 Å². The van der Waals surface area contributed by atoms with Crippen LogP contribution in [-0.4, -0.2) is 23.0 Å². The number of benzene rings is 2. The topological polar surface area (TPSA) is 85.4 Å². The molecule has 2 N–H and O–H groups in total. The molecular formula is C19H17ClN4O3. The van der Waals surface area contributed by atoms with Gasteiger partial charge in [0.15, 0.2) is 0 Å². The third kappa shape index (κ3) is 5.32. The number of methoxy groups -OCH3 is 1. The van der Waals surface area contributed by atoms with Crippen LogP contribution >= 0.6 is 11.6 Å². The second-order valence-corrected chi connectivity index (χ2v) is 5.88. The molecule has 3 aromatic rings. The minimum Gasteiger partial charge on any atom is -0.489 e. The number of carbonyl (C=O) groups excluding carboxylic acids is 1. The van der Waals surface area contributed by atoms with Crippen LogP contribution in [0.5, 0.6) is 11.6 Å². The summed E-state index contributed by atoms with van der Waals surface area (Å²) in [6.45, 7) is 0.349. The van der Waals surface area contributed by atoms with Gasteiger partial charge in [0.05, 0.1) is 7.11 Å². The molecule has 0 unspecified atom stereocenters. The Balaban J connectivity index is 1.59. The van der Waals surface area contributed by atoms with E-state index in [4.69, 9.17) is 21.1 Å². The van der Waals surface area contributed by atoms with Crippen LogP contribution in [0.4, 0.5) is 5.95 Å². The molecule has 0 atom stereocenters. The molecule has 0 bridgehead atoms. The van der Waals surface area contributed by atoms with E-state index in [0.29, 0.717) is 28.8 Å². The standard InChI is InChI=1S/C19H17ClN4O3/c1-26-17-8-9-21-19(22-17)24-23-18(25)14-5-3-7-16(11-14)27-12-13-4-2-6-15(20)10-13/h2-11H,12H2,1H3,(H,23,25)(H,21,22,24). The third-order valence-corrected chi connectivity index (χ3v) is 3.75. The summed E-state index contributed by atoms with van der Waals surface area (Å²) in [5.41, 5.74) is 6.54. The summed E-state index contributed by atoms with van der Waals surface area (Å²) in [5.74, 6) is 0.823. The average Bonchev–Trinajstić information content (AvgIpc) is 2.71. The smallest absolute Gasteiger partial charge is 0.269 e. The number of carbonyl (C=O) groups is 1. The van der Waals surface area contributed by atoms with Gasteiger partial charge in [-0.05, 0) is 35.9 Å². The molecule has 2 aromatic carbocycles. The van der Waals surface area contributed by atoms with Crippen LogP contribution in [0.2, 0.25) is 5.02 Å². The van der Waals surface area contributed by atoms with Gasteiger partial charge in [-0.2, -0.15) is 4.98 Å². The Morgan fingerprint density at radius 3 is 2.81 bits per heavy atom. The highest BCUT2D eigenvalue weighted by molar-refractivity contribution is 6.30. The quantitative estimate of drug-likeness (QED) is 0.607. The van der Waals surface area contributed by atoms with E-state index in [2.05, 4.69) is 20.8 Å². The summed E-state index contributed by atoms with van der Waals surface area (Å²) in [6, 6.07) is 15.9. The lowest BCUT2D eigenvalue weighted by Crippen LogP contribution is -2.30. The molecule has 0 aliphatic heterocycles. The molecule has 0 fully saturated rings. The maximum Gasteiger partial charge on any atom is 0.269 e. The zero-order valence-electron chi connectivity index (χ0n) is 14.5. The fourth-order valence-corrected chi connectivity index (χ4v) is 2.43. The SMILES string of the molecule is COc1ccnc(NNC(=O)c2cccc(OCc3cccc(Cl)c3)c2)n1. The first-order chi connectivity index (χ1) is 13.1. The van der Waals surface area contributed by atoms with Crippen molar-refractivity contribution in [1.29, 1.82) is 0 Å². The highest BCUT2D eigenvalue weighted by Gasteiger charge is 2.08. The fraction of sp³-hybridized carbons (Fsp3) is 0.105. The van der Waals surface area contributed by atoms with Gasteiger partial charge < -0.3 is 9.47 Å². The lowest BCUT2D eigenvalue weighted by atomic mass is 10.2. The number of nitrogens with one attached hydrogen (secondary N) is 2. The van der Waals surface area contributed by atoms with Gasteiger partial charge in [0, 0.05) is 22.8 Å². The van der Waals surface area contributed by atoms with Crippen LogP contribution in [0.3, 0.4) is 0 Å². The first-order valence-electron chi connectivity index (χ1n) is 8.05. The Labute approximate surface area is 161 Å². The summed E-state index contributed by atoms with van der Waals surface area (Å²) in [6.07, 6.45) is 1.52. The highest BCUT2D eigenvalue weighted by atomic mass is 35.5. The summed E-state index contributed by atoms with van der Waals surface area (Å²) in [4.78, 5) is 20.3. The number of anilines is 1. The molecule has 8 heteroatoms. The number of hydrazine groups is 1. The second-order valence-electron chi connectivity index (χ2n) is 5.45. The van der Waals surface area contributed by atoms with Gasteiger partial charge in [0.25, 0.3) is 5.91 Å². The Morgan fingerprint density at radius 1 is 1.15 bits per heavy atom. The Bertz CT molecular complexity index is 936. The van der Waals surface area contributed by atoms with E-state index in [1.165, 1.54) is 13.3 Å². The number of aromatic nitrogens is 2. The van der Waals surface area contributed by atoms with Gasteiger partial charge in [-0.25, -0.2) is 4.98 Å². The van der Waals surface area contributed by atoms with Gasteiger partial charge in [-0.1, -0.05) is 29.8 Å². The van der Waals surface area contributed by atoms with Crippen molar-refractivity contribution in [1.82, 2.24) is 15.4 Å². The zero-order chi connectivity index (χ0) is 19.1. The molecule has 1 heterocycles. The fourth-order valence-electron chi connectivity index (χ4n) is 2.22. The number of rotatable bonds is 7. The van der Waals surface area contributed by atoms with Crippen LogP contribution in [0, 0.1) is 0 Å². The maximum atomic E-state index is 12.3. The van der Waals surface area contributed by atoms with Crippen molar-refractivity contribution >= 4 is 23.5 Å². The summed E-state index contributed by atoms with van der Waals surface area (Å²) in [7, 11) is 1.50. The summed E-state index contributed by atoms with van der Waals surface area (Å²) < 4.78 is 10.7. The van der Waals surface area contributed by atoms with Gasteiger partial charge in [0.2, 0.25) is 11.8 Å². The van der Waals surface area contributed by atoms with E-state index in [-0.39, 0.29) is 11.9 Å².